The predicted molar refractivity (Wildman–Crippen MR) is 115 cm³/mol. The summed E-state index contributed by atoms with van der Waals surface area (Å²) in [5, 5.41) is 1.89. The van der Waals surface area contributed by atoms with E-state index in [0.29, 0.717) is 21.5 Å². The van der Waals surface area contributed by atoms with Crippen LogP contribution in [-0.2, 0) is 9.59 Å². The van der Waals surface area contributed by atoms with E-state index in [1.54, 1.807) is 12.1 Å². The molecule has 7 nitrogen and oxygen atoms in total. The van der Waals surface area contributed by atoms with Crippen molar-refractivity contribution in [2.24, 2.45) is 0 Å². The third-order valence-corrected chi connectivity index (χ3v) is 5.53. The molecule has 2 aromatic rings. The van der Waals surface area contributed by atoms with Gasteiger partial charge in [0.25, 0.3) is 11.1 Å². The van der Waals surface area contributed by atoms with Gasteiger partial charge >= 0.3 is 0 Å². The molecule has 30 heavy (non-hydrogen) atoms. The fourth-order valence-electron chi connectivity index (χ4n) is 2.72. The highest BCUT2D eigenvalue weighted by molar-refractivity contribution is 9.10. The van der Waals surface area contributed by atoms with Crippen LogP contribution in [0, 0.1) is 5.82 Å². The van der Waals surface area contributed by atoms with Crippen molar-refractivity contribution >= 4 is 56.5 Å². The van der Waals surface area contributed by atoms with Crippen molar-refractivity contribution in [2.75, 3.05) is 26.1 Å². The summed E-state index contributed by atoms with van der Waals surface area (Å²) in [6.45, 7) is -0.478. The molecule has 0 radical (unpaired) electrons. The molecule has 0 aliphatic carbocycles. The number of carbonyl (C=O) groups is 3. The SMILES string of the molecule is COc1cc(/C=C2\SC(=O)N(CC(=O)Nc3cccc(F)c3)C2=O)cc(Br)c1OC. The first-order valence-electron chi connectivity index (χ1n) is 8.54. The number of thioether (sulfide) groups is 1. The second-order valence-corrected chi connectivity index (χ2v) is 7.91. The lowest BCUT2D eigenvalue weighted by molar-refractivity contribution is -0.127. The third kappa shape index (κ3) is 4.82. The molecule has 0 bridgehead atoms. The van der Waals surface area contributed by atoms with Gasteiger partial charge in [-0.25, -0.2) is 4.39 Å². The lowest BCUT2D eigenvalue weighted by Gasteiger charge is -2.12. The molecule has 10 heteroatoms. The van der Waals surface area contributed by atoms with Gasteiger partial charge < -0.3 is 14.8 Å². The molecular formula is C20H16BrFN2O5S. The summed E-state index contributed by atoms with van der Waals surface area (Å²) >= 11 is 4.10. The van der Waals surface area contributed by atoms with Gasteiger partial charge in [0.2, 0.25) is 5.91 Å². The average molecular weight is 495 g/mol. The van der Waals surface area contributed by atoms with Crippen LogP contribution in [0.2, 0.25) is 0 Å². The number of methoxy groups -OCH3 is 2. The number of imide groups is 1. The summed E-state index contributed by atoms with van der Waals surface area (Å²) in [5.74, 6) is -0.769. The maximum absolute atomic E-state index is 13.2. The highest BCUT2D eigenvalue weighted by Crippen LogP contribution is 2.38. The third-order valence-electron chi connectivity index (χ3n) is 4.04. The molecule has 1 fully saturated rings. The number of benzene rings is 2. The van der Waals surface area contributed by atoms with Crippen molar-refractivity contribution in [1.82, 2.24) is 4.90 Å². The van der Waals surface area contributed by atoms with Crippen LogP contribution in [0.4, 0.5) is 14.9 Å². The first-order chi connectivity index (χ1) is 14.3. The first kappa shape index (κ1) is 21.8. The largest absolute Gasteiger partial charge is 0.493 e. The monoisotopic (exact) mass is 494 g/mol. The minimum absolute atomic E-state index is 0.165. The number of anilines is 1. The Kier molecular flexibility index (Phi) is 6.78. The molecule has 1 saturated heterocycles. The van der Waals surface area contributed by atoms with E-state index in [2.05, 4.69) is 21.2 Å². The fraction of sp³-hybridized carbons (Fsp3) is 0.150. The summed E-state index contributed by atoms with van der Waals surface area (Å²) < 4.78 is 24.4. The fourth-order valence-corrected chi connectivity index (χ4v) is 4.18. The lowest BCUT2D eigenvalue weighted by atomic mass is 10.2. The predicted octanol–water partition coefficient (Wildman–Crippen LogP) is 4.28. The number of halogens is 2. The minimum Gasteiger partial charge on any atom is -0.493 e. The van der Waals surface area contributed by atoms with Gasteiger partial charge in [0.05, 0.1) is 23.6 Å². The number of nitrogens with one attached hydrogen (secondary N) is 1. The van der Waals surface area contributed by atoms with Crippen LogP contribution < -0.4 is 14.8 Å². The van der Waals surface area contributed by atoms with Gasteiger partial charge in [0.1, 0.15) is 12.4 Å². The maximum Gasteiger partial charge on any atom is 0.294 e. The first-order valence-corrected chi connectivity index (χ1v) is 10.2. The minimum atomic E-state index is -0.613. The van der Waals surface area contributed by atoms with Gasteiger partial charge in [-0.2, -0.15) is 0 Å². The number of rotatable bonds is 6. The molecule has 1 aliphatic rings. The van der Waals surface area contributed by atoms with Gasteiger partial charge in [-0.1, -0.05) is 6.07 Å². The van der Waals surface area contributed by atoms with E-state index in [1.807, 2.05) is 0 Å². The molecule has 0 saturated carbocycles. The number of ether oxygens (including phenoxy) is 2. The van der Waals surface area contributed by atoms with Gasteiger partial charge in [-0.15, -0.1) is 0 Å². The lowest BCUT2D eigenvalue weighted by Crippen LogP contribution is -2.36. The van der Waals surface area contributed by atoms with E-state index in [-0.39, 0.29) is 10.6 Å². The Balaban J connectivity index is 1.76. The standard InChI is InChI=1S/C20H16BrFN2O5S/c1-28-15-7-11(6-14(21)18(15)29-2)8-16-19(26)24(20(27)30-16)10-17(25)23-13-5-3-4-12(22)9-13/h3-9H,10H2,1-2H3,(H,23,25)/b16-8-. The second kappa shape index (κ2) is 9.31. The molecular weight excluding hydrogens is 479 g/mol. The summed E-state index contributed by atoms with van der Waals surface area (Å²) in [7, 11) is 2.99. The van der Waals surface area contributed by atoms with Gasteiger partial charge in [-0.05, 0) is 69.7 Å². The maximum atomic E-state index is 13.2. The summed E-state index contributed by atoms with van der Waals surface area (Å²) in [4.78, 5) is 38.1. The zero-order valence-electron chi connectivity index (χ0n) is 15.9. The van der Waals surface area contributed by atoms with E-state index >= 15 is 0 Å². The molecule has 0 aromatic heterocycles. The van der Waals surface area contributed by atoms with Crippen molar-refractivity contribution in [3.8, 4) is 11.5 Å². The number of amides is 3. The molecule has 0 unspecified atom stereocenters. The van der Waals surface area contributed by atoms with Crippen LogP contribution in [0.1, 0.15) is 5.56 Å². The zero-order valence-corrected chi connectivity index (χ0v) is 18.3. The van der Waals surface area contributed by atoms with Crippen LogP contribution in [-0.4, -0.2) is 42.7 Å². The molecule has 1 aliphatic heterocycles. The van der Waals surface area contributed by atoms with Crippen molar-refractivity contribution in [2.45, 2.75) is 0 Å². The normalized spacial score (nSPS) is 14.9. The molecule has 0 spiro atoms. The van der Waals surface area contributed by atoms with Gasteiger partial charge in [0.15, 0.2) is 11.5 Å². The number of hydrogen-bond acceptors (Lipinski definition) is 6. The van der Waals surface area contributed by atoms with Crippen molar-refractivity contribution in [1.29, 1.82) is 0 Å². The van der Waals surface area contributed by atoms with E-state index in [4.69, 9.17) is 9.47 Å². The van der Waals surface area contributed by atoms with Crippen LogP contribution in [0.25, 0.3) is 6.08 Å². The van der Waals surface area contributed by atoms with E-state index in [1.165, 1.54) is 38.5 Å². The summed E-state index contributed by atoms with van der Waals surface area (Å²) in [5.41, 5.74) is 0.840. The Bertz CT molecular complexity index is 1060. The molecule has 156 valence electrons. The summed E-state index contributed by atoms with van der Waals surface area (Å²) in [6, 6.07) is 8.70. The highest BCUT2D eigenvalue weighted by Gasteiger charge is 2.36. The molecule has 3 rings (SSSR count). The van der Waals surface area contributed by atoms with E-state index in [9.17, 15) is 18.8 Å². The van der Waals surface area contributed by atoms with Crippen LogP contribution in [0.5, 0.6) is 11.5 Å². The second-order valence-electron chi connectivity index (χ2n) is 6.06. The van der Waals surface area contributed by atoms with Crippen LogP contribution >= 0.6 is 27.7 Å². The highest BCUT2D eigenvalue weighted by atomic mass is 79.9. The summed E-state index contributed by atoms with van der Waals surface area (Å²) in [6.07, 6.45) is 1.53. The van der Waals surface area contributed by atoms with Crippen LogP contribution in [0.15, 0.2) is 45.8 Å². The number of carbonyl (C=O) groups excluding carboxylic acids is 3. The van der Waals surface area contributed by atoms with E-state index in [0.717, 1.165) is 22.7 Å². The Hall–Kier alpha value is -2.85. The Morgan fingerprint density at radius 2 is 2.00 bits per heavy atom. The van der Waals surface area contributed by atoms with E-state index < -0.39 is 29.4 Å². The molecule has 2 aromatic carbocycles. The zero-order chi connectivity index (χ0) is 21.8. The number of nitrogens with zero attached hydrogens (tertiary/aromatic N) is 1. The smallest absolute Gasteiger partial charge is 0.294 e. The van der Waals surface area contributed by atoms with Gasteiger partial charge in [-0.3, -0.25) is 19.3 Å². The molecule has 3 amide bonds. The Labute approximate surface area is 184 Å². The van der Waals surface area contributed by atoms with Crippen molar-refractivity contribution < 1.29 is 28.2 Å². The number of hydrogen-bond donors (Lipinski definition) is 1. The van der Waals surface area contributed by atoms with Crippen LogP contribution in [0.3, 0.4) is 0 Å². The molecule has 1 heterocycles. The topological polar surface area (TPSA) is 84.9 Å². The van der Waals surface area contributed by atoms with Crippen molar-refractivity contribution in [3.63, 3.8) is 0 Å². The quantitative estimate of drug-likeness (QED) is 0.603. The molecule has 1 N–H and O–H groups in total. The molecule has 0 atom stereocenters. The average Bonchev–Trinajstić information content (AvgIpc) is 2.94. The Morgan fingerprint density at radius 3 is 2.67 bits per heavy atom. The van der Waals surface area contributed by atoms with Crippen molar-refractivity contribution in [3.05, 3.63) is 57.2 Å². The Morgan fingerprint density at radius 1 is 1.23 bits per heavy atom. The van der Waals surface area contributed by atoms with Gasteiger partial charge in [0, 0.05) is 5.69 Å².